The number of carbonyl (C=O) groups is 2. The van der Waals surface area contributed by atoms with Crippen LogP contribution in [-0.4, -0.2) is 49.3 Å². The van der Waals surface area contributed by atoms with Crippen LogP contribution in [0.2, 0.25) is 0 Å². The van der Waals surface area contributed by atoms with Gasteiger partial charge in [-0.1, -0.05) is 261 Å². The van der Waals surface area contributed by atoms with Gasteiger partial charge in [0.15, 0.2) is 6.10 Å². The Morgan fingerprint density at radius 1 is 0.417 bits per heavy atom. The van der Waals surface area contributed by atoms with Crippen LogP contribution in [0.3, 0.4) is 0 Å². The summed E-state index contributed by atoms with van der Waals surface area (Å²) in [5, 5.41) is 0. The topological polar surface area (TPSA) is 134 Å². The molecule has 0 aromatic rings. The molecule has 0 spiro atoms. The van der Waals surface area contributed by atoms with Crippen molar-refractivity contribution in [3.05, 3.63) is 60.8 Å². The molecule has 0 aliphatic heterocycles. The molecule has 0 fully saturated rings. The van der Waals surface area contributed by atoms with E-state index in [1.807, 2.05) is 0 Å². The summed E-state index contributed by atoms with van der Waals surface area (Å²) >= 11 is 0. The van der Waals surface area contributed by atoms with E-state index in [-0.39, 0.29) is 32.6 Å². The molecular weight excluding hydrogens is 918 g/mol. The molecular formula is C62H114NO8P. The van der Waals surface area contributed by atoms with Crippen LogP contribution < -0.4 is 5.73 Å². The first-order valence-corrected chi connectivity index (χ1v) is 31.8. The van der Waals surface area contributed by atoms with Gasteiger partial charge in [-0.3, -0.25) is 18.6 Å². The quantitative estimate of drug-likeness (QED) is 0.0264. The van der Waals surface area contributed by atoms with Crippen LogP contribution in [0.5, 0.6) is 0 Å². The first kappa shape index (κ1) is 69.7. The molecule has 0 aliphatic rings. The van der Waals surface area contributed by atoms with Crippen LogP contribution in [-0.2, 0) is 32.7 Å². The maximum atomic E-state index is 12.7. The van der Waals surface area contributed by atoms with E-state index in [2.05, 4.69) is 74.6 Å². The molecule has 2 atom stereocenters. The average Bonchev–Trinajstić information content (AvgIpc) is 3.37. The molecule has 0 heterocycles. The van der Waals surface area contributed by atoms with Gasteiger partial charge in [-0.25, -0.2) is 4.57 Å². The second kappa shape index (κ2) is 58.0. The number of carbonyl (C=O) groups excluding carboxylic acids is 2. The molecule has 0 amide bonds. The summed E-state index contributed by atoms with van der Waals surface area (Å²) in [6.45, 7) is 3.70. The Morgan fingerprint density at radius 2 is 0.736 bits per heavy atom. The number of phosphoric acid groups is 1. The van der Waals surface area contributed by atoms with E-state index in [9.17, 15) is 19.0 Å². The van der Waals surface area contributed by atoms with E-state index in [0.29, 0.717) is 12.8 Å². The average molecular weight is 1030 g/mol. The van der Waals surface area contributed by atoms with E-state index in [1.54, 1.807) is 0 Å². The number of rotatable bonds is 57. The van der Waals surface area contributed by atoms with Crippen LogP contribution >= 0.6 is 7.82 Å². The number of nitrogens with two attached hydrogens (primary N) is 1. The fourth-order valence-corrected chi connectivity index (χ4v) is 9.37. The minimum absolute atomic E-state index is 0.0512. The van der Waals surface area contributed by atoms with Crippen LogP contribution in [0, 0.1) is 0 Å². The Labute approximate surface area is 444 Å². The van der Waals surface area contributed by atoms with Crippen molar-refractivity contribution in [2.45, 2.75) is 296 Å². The largest absolute Gasteiger partial charge is 0.472 e. The van der Waals surface area contributed by atoms with Gasteiger partial charge in [-0.15, -0.1) is 0 Å². The highest BCUT2D eigenvalue weighted by Gasteiger charge is 2.26. The predicted octanol–water partition coefficient (Wildman–Crippen LogP) is 19.1. The SMILES string of the molecule is CCCC/C=C\C/C=C\CCCCCCCC(=O)OCC(COP(=O)(O)OCCN)OC(=O)CCCCCCCCCCCCCCCCCCCCCCCC/C=C\C/C=C\C/C=C\CCCCCCC. The lowest BCUT2D eigenvalue weighted by Crippen LogP contribution is -2.29. The van der Waals surface area contributed by atoms with E-state index < -0.39 is 32.5 Å². The number of hydrogen-bond acceptors (Lipinski definition) is 8. The van der Waals surface area contributed by atoms with E-state index in [4.69, 9.17) is 24.3 Å². The molecule has 0 aromatic carbocycles. The highest BCUT2D eigenvalue weighted by molar-refractivity contribution is 7.47. The molecule has 0 saturated heterocycles. The maximum Gasteiger partial charge on any atom is 0.472 e. The fourth-order valence-electron chi connectivity index (χ4n) is 8.60. The Bertz CT molecular complexity index is 1360. The monoisotopic (exact) mass is 1030 g/mol. The molecule has 3 N–H and O–H groups in total. The fraction of sp³-hybridized carbons (Fsp3) is 0.806. The number of phosphoric ester groups is 1. The maximum absolute atomic E-state index is 12.7. The smallest absolute Gasteiger partial charge is 0.462 e. The van der Waals surface area contributed by atoms with E-state index in [1.165, 1.54) is 180 Å². The van der Waals surface area contributed by atoms with Crippen molar-refractivity contribution < 1.29 is 37.6 Å². The number of ether oxygens (including phenoxy) is 2. The highest BCUT2D eigenvalue weighted by Crippen LogP contribution is 2.43. The Balaban J connectivity index is 3.80. The Morgan fingerprint density at radius 3 is 1.11 bits per heavy atom. The lowest BCUT2D eigenvalue weighted by Gasteiger charge is -2.19. The van der Waals surface area contributed by atoms with Crippen molar-refractivity contribution in [1.29, 1.82) is 0 Å². The molecule has 72 heavy (non-hydrogen) atoms. The predicted molar refractivity (Wildman–Crippen MR) is 307 cm³/mol. The van der Waals surface area contributed by atoms with Gasteiger partial charge >= 0.3 is 19.8 Å². The molecule has 0 radical (unpaired) electrons. The zero-order valence-corrected chi connectivity index (χ0v) is 47.8. The number of esters is 2. The standard InChI is InChI=1S/C62H114NO8P/c1-3-5-7-9-11-13-15-17-19-20-21-22-23-24-25-26-27-28-29-30-31-32-33-34-35-36-37-38-39-40-41-43-45-47-49-51-53-55-62(65)71-60(59-70-72(66,67)69-57-56-63)58-68-61(64)54-52-50-48-46-44-42-18-16-14-12-10-8-6-4-2/h10,12,15-18,20-21,23-24,60H,3-9,11,13-14,19,22,25-59,63H2,1-2H3,(H,66,67)/b12-10-,17-15-,18-16-,21-20-,24-23-. The summed E-state index contributed by atoms with van der Waals surface area (Å²) in [5.41, 5.74) is 5.37. The van der Waals surface area contributed by atoms with Gasteiger partial charge in [0.25, 0.3) is 0 Å². The summed E-state index contributed by atoms with van der Waals surface area (Å²) in [6, 6.07) is 0. The van der Waals surface area contributed by atoms with Crippen LogP contribution in [0.25, 0.3) is 0 Å². The second-order valence-corrected chi connectivity index (χ2v) is 21.7. The van der Waals surface area contributed by atoms with Gasteiger partial charge in [-0.05, 0) is 77.0 Å². The molecule has 0 aliphatic carbocycles. The minimum atomic E-state index is -4.39. The van der Waals surface area contributed by atoms with Gasteiger partial charge in [0.2, 0.25) is 0 Å². The van der Waals surface area contributed by atoms with Crippen molar-refractivity contribution in [3.8, 4) is 0 Å². The summed E-state index contributed by atoms with van der Waals surface area (Å²) in [7, 11) is -4.39. The van der Waals surface area contributed by atoms with Crippen molar-refractivity contribution in [2.24, 2.45) is 5.73 Å². The van der Waals surface area contributed by atoms with Crippen molar-refractivity contribution >= 4 is 19.8 Å². The lowest BCUT2D eigenvalue weighted by atomic mass is 10.0. The lowest BCUT2D eigenvalue weighted by molar-refractivity contribution is -0.161. The summed E-state index contributed by atoms with van der Waals surface area (Å²) in [6.07, 6.45) is 73.1. The van der Waals surface area contributed by atoms with E-state index in [0.717, 1.165) is 70.6 Å². The third-order valence-electron chi connectivity index (χ3n) is 13.1. The molecule has 0 saturated carbocycles. The first-order chi connectivity index (χ1) is 35.3. The number of allylic oxidation sites excluding steroid dienone is 10. The summed E-state index contributed by atoms with van der Waals surface area (Å²) in [4.78, 5) is 35.1. The van der Waals surface area contributed by atoms with Crippen LogP contribution in [0.1, 0.15) is 290 Å². The molecule has 2 unspecified atom stereocenters. The highest BCUT2D eigenvalue weighted by atomic mass is 31.2. The van der Waals surface area contributed by atoms with Gasteiger partial charge in [-0.2, -0.15) is 0 Å². The number of hydrogen-bond donors (Lipinski definition) is 2. The van der Waals surface area contributed by atoms with Crippen molar-refractivity contribution in [1.82, 2.24) is 0 Å². The minimum Gasteiger partial charge on any atom is -0.462 e. The van der Waals surface area contributed by atoms with Crippen molar-refractivity contribution in [3.63, 3.8) is 0 Å². The van der Waals surface area contributed by atoms with Crippen molar-refractivity contribution in [2.75, 3.05) is 26.4 Å². The molecule has 10 heteroatoms. The molecule has 0 rings (SSSR count). The Hall–Kier alpha value is -2.29. The zero-order chi connectivity index (χ0) is 52.4. The molecule has 0 aromatic heterocycles. The Kier molecular flexibility index (Phi) is 56.1. The van der Waals surface area contributed by atoms with Gasteiger partial charge in [0.05, 0.1) is 13.2 Å². The summed E-state index contributed by atoms with van der Waals surface area (Å²) < 4.78 is 33.0. The second-order valence-electron chi connectivity index (χ2n) is 20.2. The third kappa shape index (κ3) is 57.0. The van der Waals surface area contributed by atoms with E-state index >= 15 is 0 Å². The van der Waals surface area contributed by atoms with Crippen LogP contribution in [0.15, 0.2) is 60.8 Å². The molecule has 420 valence electrons. The van der Waals surface area contributed by atoms with Crippen LogP contribution in [0.4, 0.5) is 0 Å². The van der Waals surface area contributed by atoms with Gasteiger partial charge in [0.1, 0.15) is 6.61 Å². The zero-order valence-electron chi connectivity index (χ0n) is 46.9. The molecule has 9 nitrogen and oxygen atoms in total. The normalized spacial score (nSPS) is 13.4. The first-order valence-electron chi connectivity index (χ1n) is 30.3. The molecule has 0 bridgehead atoms. The summed E-state index contributed by atoms with van der Waals surface area (Å²) in [5.74, 6) is -0.835. The van der Waals surface area contributed by atoms with Gasteiger partial charge in [0, 0.05) is 19.4 Å². The van der Waals surface area contributed by atoms with Gasteiger partial charge < -0.3 is 20.1 Å². The number of unbranched alkanes of at least 4 members (excludes halogenated alkanes) is 34. The third-order valence-corrected chi connectivity index (χ3v) is 14.1.